The van der Waals surface area contributed by atoms with Crippen LogP contribution in [0.4, 0.5) is 17.1 Å². The van der Waals surface area contributed by atoms with E-state index >= 15 is 0 Å². The smallest absolute Gasteiger partial charge is 0.333 e. The summed E-state index contributed by atoms with van der Waals surface area (Å²) in [5, 5.41) is 5.27. The number of aromatic nitrogens is 1. The minimum atomic E-state index is 0.110. The second-order valence-electron chi connectivity index (χ2n) is 10.5. The summed E-state index contributed by atoms with van der Waals surface area (Å²) >= 11 is 1.90. The summed E-state index contributed by atoms with van der Waals surface area (Å²) in [5.41, 5.74) is 12.1. The third-order valence-electron chi connectivity index (χ3n) is 8.71. The van der Waals surface area contributed by atoms with Crippen molar-refractivity contribution < 1.29 is 0 Å². The second kappa shape index (κ2) is 6.72. The zero-order valence-electron chi connectivity index (χ0n) is 20.3. The van der Waals surface area contributed by atoms with Gasteiger partial charge in [-0.25, -0.2) is 0 Å². The van der Waals surface area contributed by atoms with E-state index in [4.69, 9.17) is 0 Å². The molecule has 0 fully saturated rings. The lowest BCUT2D eigenvalue weighted by Crippen LogP contribution is -2.57. The maximum Gasteiger partial charge on any atom is 0.333 e. The molecule has 2 nitrogen and oxygen atoms in total. The van der Waals surface area contributed by atoms with Gasteiger partial charge in [0, 0.05) is 42.5 Å². The van der Waals surface area contributed by atoms with E-state index in [0.717, 1.165) is 0 Å². The van der Waals surface area contributed by atoms with Crippen LogP contribution in [0.2, 0.25) is 0 Å². The van der Waals surface area contributed by atoms with Crippen molar-refractivity contribution in [3.05, 3.63) is 115 Å². The number of benzene rings is 6. The molecule has 3 aliphatic rings. The van der Waals surface area contributed by atoms with Crippen molar-refractivity contribution in [1.29, 1.82) is 0 Å². The number of nitrogens with zero attached hydrogens (tertiary/aromatic N) is 2. The van der Waals surface area contributed by atoms with Crippen LogP contribution < -0.4 is 15.8 Å². The van der Waals surface area contributed by atoms with Crippen molar-refractivity contribution in [2.24, 2.45) is 0 Å². The topological polar surface area (TPSA) is 8.17 Å². The van der Waals surface area contributed by atoms with E-state index < -0.39 is 0 Å². The van der Waals surface area contributed by atoms with E-state index in [0.29, 0.717) is 0 Å². The lowest BCUT2D eigenvalue weighted by molar-refractivity contribution is 1.17. The third-order valence-corrected chi connectivity index (χ3v) is 9.83. The molecule has 174 valence electrons. The second-order valence-corrected chi connectivity index (χ2v) is 11.6. The van der Waals surface area contributed by atoms with Gasteiger partial charge in [0.05, 0.1) is 17.1 Å². The molecule has 0 saturated carbocycles. The zero-order chi connectivity index (χ0) is 24.5. The van der Waals surface area contributed by atoms with Gasteiger partial charge in [0.2, 0.25) is 0 Å². The molecule has 10 rings (SSSR count). The lowest BCUT2D eigenvalue weighted by atomic mass is 9.45. The Balaban J connectivity index is 1.49. The predicted octanol–water partition coefficient (Wildman–Crippen LogP) is 7.83. The third kappa shape index (κ3) is 2.18. The molecule has 7 aromatic rings. The number of anilines is 3. The van der Waals surface area contributed by atoms with Gasteiger partial charge in [-0.1, -0.05) is 96.7 Å². The quantitative estimate of drug-likeness (QED) is 0.197. The summed E-state index contributed by atoms with van der Waals surface area (Å²) < 4.78 is 2.64. The van der Waals surface area contributed by atoms with Crippen LogP contribution in [0.15, 0.2) is 125 Å². The SMILES string of the molecule is c1ccc2c(c1)Sc1cccc3c1N2c1c2c(cc4ccccc14)-c1cccc4c5ccccc5n(c14)B32. The van der Waals surface area contributed by atoms with Gasteiger partial charge in [0.1, 0.15) is 0 Å². The van der Waals surface area contributed by atoms with Gasteiger partial charge in [-0.05, 0) is 52.2 Å². The first-order valence-corrected chi connectivity index (χ1v) is 14.0. The molecular weight excluding hydrogens is 479 g/mol. The molecule has 0 saturated heterocycles. The Morgan fingerprint density at radius 3 is 2.32 bits per heavy atom. The molecule has 38 heavy (non-hydrogen) atoms. The van der Waals surface area contributed by atoms with Crippen LogP contribution in [0.3, 0.4) is 0 Å². The number of hydrogen-bond acceptors (Lipinski definition) is 2. The number of fused-ring (bicyclic) bond motifs is 11. The summed E-state index contributed by atoms with van der Waals surface area (Å²) in [7, 11) is 0. The molecule has 0 bridgehead atoms. The van der Waals surface area contributed by atoms with Gasteiger partial charge in [-0.3, -0.25) is 0 Å². The van der Waals surface area contributed by atoms with E-state index in [1.165, 1.54) is 81.5 Å². The Morgan fingerprint density at radius 2 is 1.34 bits per heavy atom. The van der Waals surface area contributed by atoms with Gasteiger partial charge < -0.3 is 9.38 Å². The van der Waals surface area contributed by atoms with Crippen LogP contribution in [-0.4, -0.2) is 11.3 Å². The highest BCUT2D eigenvalue weighted by molar-refractivity contribution is 7.99. The number of rotatable bonds is 0. The fourth-order valence-corrected chi connectivity index (χ4v) is 8.43. The standard InChI is InChI=1S/C34H19BN2S/c1-2-10-21-20(9-1)19-25-24-13-7-12-23-22-11-3-4-15-27(22)37(32(23)24)35-26-14-8-18-30-34(26)36(33(21)31(25)35)28-16-5-6-17-29(28)38-30/h1-19H. The van der Waals surface area contributed by atoms with Crippen molar-refractivity contribution in [1.82, 2.24) is 4.48 Å². The minimum Gasteiger partial charge on any atom is -0.375 e. The Hall–Kier alpha value is -4.41. The minimum absolute atomic E-state index is 0.110. The summed E-state index contributed by atoms with van der Waals surface area (Å²) in [5.74, 6) is 0. The monoisotopic (exact) mass is 498 g/mol. The fraction of sp³-hybridized carbons (Fsp3) is 0. The number of para-hydroxylation sites is 4. The highest BCUT2D eigenvalue weighted by Crippen LogP contribution is 2.55. The van der Waals surface area contributed by atoms with E-state index in [-0.39, 0.29) is 6.85 Å². The molecule has 6 aromatic carbocycles. The predicted molar refractivity (Wildman–Crippen MR) is 162 cm³/mol. The van der Waals surface area contributed by atoms with Crippen molar-refractivity contribution in [2.75, 3.05) is 4.90 Å². The van der Waals surface area contributed by atoms with Gasteiger partial charge in [-0.15, -0.1) is 0 Å². The molecule has 0 radical (unpaired) electrons. The highest BCUT2D eigenvalue weighted by Gasteiger charge is 2.45. The molecule has 0 aliphatic carbocycles. The molecule has 4 heterocycles. The molecule has 3 aliphatic heterocycles. The molecule has 0 N–H and O–H groups in total. The lowest BCUT2D eigenvalue weighted by Gasteiger charge is -2.44. The van der Waals surface area contributed by atoms with Crippen LogP contribution in [0, 0.1) is 0 Å². The summed E-state index contributed by atoms with van der Waals surface area (Å²) in [6.45, 7) is 0.110. The van der Waals surface area contributed by atoms with Gasteiger partial charge in [0.15, 0.2) is 0 Å². The van der Waals surface area contributed by atoms with Crippen molar-refractivity contribution in [2.45, 2.75) is 9.79 Å². The maximum absolute atomic E-state index is 2.64. The van der Waals surface area contributed by atoms with Crippen LogP contribution in [-0.2, 0) is 0 Å². The summed E-state index contributed by atoms with van der Waals surface area (Å²) in [6.07, 6.45) is 0. The maximum atomic E-state index is 2.64. The average Bonchev–Trinajstić information content (AvgIpc) is 3.31. The first kappa shape index (κ1) is 19.7. The molecule has 0 atom stereocenters. The normalized spacial score (nSPS) is 14.1. The van der Waals surface area contributed by atoms with E-state index in [1.807, 2.05) is 11.8 Å². The van der Waals surface area contributed by atoms with Gasteiger partial charge in [0.25, 0.3) is 0 Å². The van der Waals surface area contributed by atoms with Crippen LogP contribution in [0.1, 0.15) is 0 Å². The van der Waals surface area contributed by atoms with E-state index in [9.17, 15) is 0 Å². The summed E-state index contributed by atoms with van der Waals surface area (Å²) in [6, 6.07) is 43.0. The molecule has 0 spiro atoms. The molecule has 0 unspecified atom stereocenters. The Bertz CT molecular complexity index is 2190. The van der Waals surface area contributed by atoms with Crippen molar-refractivity contribution >= 4 is 79.2 Å². The fourth-order valence-electron chi connectivity index (χ4n) is 7.33. The molecule has 0 amide bonds. The summed E-state index contributed by atoms with van der Waals surface area (Å²) in [4.78, 5) is 5.21. The van der Waals surface area contributed by atoms with Crippen molar-refractivity contribution in [3.63, 3.8) is 0 Å². The van der Waals surface area contributed by atoms with Crippen LogP contribution in [0.5, 0.6) is 0 Å². The molecule has 1 aromatic heterocycles. The Morgan fingerprint density at radius 1 is 0.579 bits per heavy atom. The van der Waals surface area contributed by atoms with Gasteiger partial charge >= 0.3 is 6.85 Å². The van der Waals surface area contributed by atoms with Crippen molar-refractivity contribution in [3.8, 4) is 11.1 Å². The highest BCUT2D eigenvalue weighted by atomic mass is 32.2. The molecular formula is C34H19BN2S. The first-order chi connectivity index (χ1) is 18.9. The zero-order valence-corrected chi connectivity index (χ0v) is 21.2. The van der Waals surface area contributed by atoms with E-state index in [1.54, 1.807) is 0 Å². The molecule has 4 heteroatoms. The Kier molecular flexibility index (Phi) is 3.48. The average molecular weight is 498 g/mol. The van der Waals surface area contributed by atoms with Crippen LogP contribution >= 0.6 is 11.8 Å². The first-order valence-electron chi connectivity index (χ1n) is 13.2. The van der Waals surface area contributed by atoms with Crippen LogP contribution in [0.25, 0.3) is 43.7 Å². The van der Waals surface area contributed by atoms with Gasteiger partial charge in [-0.2, -0.15) is 0 Å². The van der Waals surface area contributed by atoms with E-state index in [2.05, 4.69) is 125 Å². The Labute approximate surface area is 224 Å². The number of hydrogen-bond donors (Lipinski definition) is 0. The largest absolute Gasteiger partial charge is 0.375 e.